The van der Waals surface area contributed by atoms with Gasteiger partial charge in [-0.2, -0.15) is 9.97 Å². The molecule has 186 valence electrons. The summed E-state index contributed by atoms with van der Waals surface area (Å²) < 4.78 is 31.2. The molecule has 0 unspecified atom stereocenters. The normalized spacial score (nSPS) is 15.5. The highest BCUT2D eigenvalue weighted by Crippen LogP contribution is 2.32. The smallest absolute Gasteiger partial charge is 0.229 e. The lowest BCUT2D eigenvalue weighted by Crippen LogP contribution is -2.38. The van der Waals surface area contributed by atoms with Crippen LogP contribution in [0.25, 0.3) is 11.4 Å². The molecule has 0 bridgehead atoms. The second-order valence-corrected chi connectivity index (χ2v) is 10.2. The number of nitrogens with zero attached hydrogens (tertiary/aromatic N) is 6. The maximum Gasteiger partial charge on any atom is 0.229 e. The summed E-state index contributed by atoms with van der Waals surface area (Å²) in [7, 11) is -3.55. The molecule has 12 nitrogen and oxygen atoms in total. The summed E-state index contributed by atoms with van der Waals surface area (Å²) in [5.74, 6) is 1.36. The van der Waals surface area contributed by atoms with E-state index >= 15 is 0 Å². The zero-order valence-corrected chi connectivity index (χ0v) is 21.1. The fourth-order valence-electron chi connectivity index (χ4n) is 3.70. The van der Waals surface area contributed by atoms with Crippen LogP contribution in [-0.4, -0.2) is 70.8 Å². The number of nitrogens with two attached hydrogens (primary N) is 1. The van der Waals surface area contributed by atoms with Crippen molar-refractivity contribution in [1.82, 2.24) is 29.8 Å². The Morgan fingerprint density at radius 3 is 2.57 bits per heavy atom. The number of nitrogens with one attached hydrogen (secondary N) is 2. The SMILES string of the molecule is Cc1nc(N)nc(-c2cc([C@@H](C)N3CCOCC3)cnc2Nc2cnc(Cl)c(NS(C)(=O)=O)c2)n1. The van der Waals surface area contributed by atoms with Crippen LogP contribution < -0.4 is 15.8 Å². The third-order valence-corrected chi connectivity index (χ3v) is 6.28. The van der Waals surface area contributed by atoms with Crippen molar-refractivity contribution in [2.75, 3.05) is 48.3 Å². The molecule has 1 fully saturated rings. The summed E-state index contributed by atoms with van der Waals surface area (Å²) in [6.07, 6.45) is 4.28. The van der Waals surface area contributed by atoms with Crippen LogP contribution in [0.4, 0.5) is 23.1 Å². The predicted octanol–water partition coefficient (Wildman–Crippen LogP) is 2.38. The molecule has 35 heavy (non-hydrogen) atoms. The van der Waals surface area contributed by atoms with Crippen molar-refractivity contribution in [2.24, 2.45) is 0 Å². The first-order valence-corrected chi connectivity index (χ1v) is 13.1. The number of pyridine rings is 2. The number of aromatic nitrogens is 5. The highest BCUT2D eigenvalue weighted by molar-refractivity contribution is 7.92. The zero-order chi connectivity index (χ0) is 25.2. The lowest BCUT2D eigenvalue weighted by molar-refractivity contribution is 0.0198. The van der Waals surface area contributed by atoms with Crippen LogP contribution in [0.2, 0.25) is 5.15 Å². The van der Waals surface area contributed by atoms with Crippen molar-refractivity contribution in [3.63, 3.8) is 0 Å². The van der Waals surface area contributed by atoms with Crippen molar-refractivity contribution in [3.8, 4) is 11.4 Å². The number of anilines is 4. The van der Waals surface area contributed by atoms with Gasteiger partial charge in [0, 0.05) is 25.3 Å². The standard InChI is InChI=1S/C21H26ClN9O3S/c1-12(31-4-6-34-7-5-31)14-8-16(20-26-13(2)27-21(23)29-20)19(25-10-14)28-15-9-17(18(22)24-11-15)30-35(3,32)33/h8-12,30H,4-7H2,1-3H3,(H,25,28)(H2,23,26,27,29)/t12-/m1/s1. The Morgan fingerprint density at radius 2 is 1.89 bits per heavy atom. The number of aryl methyl sites for hydroxylation is 1. The first-order valence-electron chi connectivity index (χ1n) is 10.8. The average Bonchev–Trinajstić information content (AvgIpc) is 2.80. The van der Waals surface area contributed by atoms with Crippen LogP contribution >= 0.6 is 11.6 Å². The molecule has 1 aliphatic rings. The van der Waals surface area contributed by atoms with E-state index < -0.39 is 10.0 Å². The summed E-state index contributed by atoms with van der Waals surface area (Å²) in [5.41, 5.74) is 8.07. The molecule has 0 radical (unpaired) electrons. The van der Waals surface area contributed by atoms with Gasteiger partial charge in [-0.25, -0.2) is 23.4 Å². The molecule has 1 saturated heterocycles. The summed E-state index contributed by atoms with van der Waals surface area (Å²) in [5, 5.41) is 3.19. The van der Waals surface area contributed by atoms with E-state index in [4.69, 9.17) is 22.1 Å². The number of halogens is 1. The molecule has 0 saturated carbocycles. The summed E-state index contributed by atoms with van der Waals surface area (Å²) in [6, 6.07) is 3.57. The van der Waals surface area contributed by atoms with Crippen LogP contribution in [0.1, 0.15) is 24.4 Å². The van der Waals surface area contributed by atoms with Gasteiger partial charge in [-0.1, -0.05) is 11.6 Å². The molecule has 0 amide bonds. The molecule has 4 rings (SSSR count). The van der Waals surface area contributed by atoms with Gasteiger partial charge in [-0.15, -0.1) is 0 Å². The highest BCUT2D eigenvalue weighted by Gasteiger charge is 2.22. The van der Waals surface area contributed by atoms with Crippen LogP contribution in [0.15, 0.2) is 24.5 Å². The van der Waals surface area contributed by atoms with E-state index in [1.165, 1.54) is 12.3 Å². The van der Waals surface area contributed by atoms with Gasteiger partial charge in [0.2, 0.25) is 16.0 Å². The van der Waals surface area contributed by atoms with E-state index in [0.29, 0.717) is 41.9 Å². The van der Waals surface area contributed by atoms with E-state index in [-0.39, 0.29) is 22.8 Å². The number of ether oxygens (including phenoxy) is 1. The van der Waals surface area contributed by atoms with Crippen LogP contribution in [-0.2, 0) is 14.8 Å². The third-order valence-electron chi connectivity index (χ3n) is 5.39. The van der Waals surface area contributed by atoms with Gasteiger partial charge < -0.3 is 15.8 Å². The molecule has 1 aliphatic heterocycles. The van der Waals surface area contributed by atoms with Crippen molar-refractivity contribution in [1.29, 1.82) is 0 Å². The second-order valence-electron chi connectivity index (χ2n) is 8.12. The minimum absolute atomic E-state index is 0.0182. The number of hydrogen-bond donors (Lipinski definition) is 3. The van der Waals surface area contributed by atoms with Crippen molar-refractivity contribution in [2.45, 2.75) is 19.9 Å². The van der Waals surface area contributed by atoms with Gasteiger partial charge >= 0.3 is 0 Å². The Balaban J connectivity index is 1.74. The van der Waals surface area contributed by atoms with Gasteiger partial charge in [-0.05, 0) is 31.5 Å². The topological polar surface area (TPSA) is 161 Å². The monoisotopic (exact) mass is 519 g/mol. The fourth-order valence-corrected chi connectivity index (χ4v) is 4.46. The molecule has 0 aliphatic carbocycles. The molecule has 4 heterocycles. The quantitative estimate of drug-likeness (QED) is 0.393. The molecule has 0 aromatic carbocycles. The Morgan fingerprint density at radius 1 is 1.14 bits per heavy atom. The lowest BCUT2D eigenvalue weighted by Gasteiger charge is -2.32. The van der Waals surface area contributed by atoms with E-state index in [1.807, 2.05) is 6.07 Å². The minimum Gasteiger partial charge on any atom is -0.379 e. The van der Waals surface area contributed by atoms with E-state index in [0.717, 1.165) is 24.9 Å². The van der Waals surface area contributed by atoms with Crippen molar-refractivity contribution < 1.29 is 13.2 Å². The Labute approximate surface area is 208 Å². The van der Waals surface area contributed by atoms with Gasteiger partial charge in [-0.3, -0.25) is 9.62 Å². The number of nitrogen functional groups attached to an aromatic ring is 1. The van der Waals surface area contributed by atoms with Gasteiger partial charge in [0.05, 0.1) is 42.6 Å². The summed E-state index contributed by atoms with van der Waals surface area (Å²) in [6.45, 7) is 6.84. The molecule has 0 spiro atoms. The van der Waals surface area contributed by atoms with Crippen molar-refractivity contribution in [3.05, 3.63) is 41.1 Å². The number of hydrogen-bond acceptors (Lipinski definition) is 11. The maximum atomic E-state index is 11.7. The van der Waals surface area contributed by atoms with Crippen LogP contribution in [0.3, 0.4) is 0 Å². The Bertz CT molecular complexity index is 1310. The molecule has 1 atom stereocenters. The van der Waals surface area contributed by atoms with Gasteiger partial charge in [0.1, 0.15) is 11.6 Å². The maximum absolute atomic E-state index is 11.7. The minimum atomic E-state index is -3.55. The zero-order valence-electron chi connectivity index (χ0n) is 19.5. The number of rotatable bonds is 7. The predicted molar refractivity (Wildman–Crippen MR) is 134 cm³/mol. The molecular formula is C21H26ClN9O3S. The molecule has 14 heteroatoms. The molecule has 4 N–H and O–H groups in total. The van der Waals surface area contributed by atoms with E-state index in [1.54, 1.807) is 13.1 Å². The molecular weight excluding hydrogens is 494 g/mol. The number of morpholine rings is 1. The van der Waals surface area contributed by atoms with Crippen molar-refractivity contribution >= 4 is 44.8 Å². The first-order chi connectivity index (χ1) is 16.6. The van der Waals surface area contributed by atoms with Crippen LogP contribution in [0.5, 0.6) is 0 Å². The molecule has 3 aromatic rings. The Hall–Kier alpha value is -3.13. The molecule has 3 aromatic heterocycles. The third kappa shape index (κ3) is 6.31. The lowest BCUT2D eigenvalue weighted by atomic mass is 10.1. The summed E-state index contributed by atoms with van der Waals surface area (Å²) >= 11 is 6.06. The highest BCUT2D eigenvalue weighted by atomic mass is 35.5. The first kappa shape index (κ1) is 25.0. The average molecular weight is 520 g/mol. The van der Waals surface area contributed by atoms with Gasteiger partial charge in [0.25, 0.3) is 0 Å². The largest absolute Gasteiger partial charge is 0.379 e. The number of sulfonamides is 1. The van der Waals surface area contributed by atoms with E-state index in [9.17, 15) is 8.42 Å². The summed E-state index contributed by atoms with van der Waals surface area (Å²) in [4.78, 5) is 23.9. The Kier molecular flexibility index (Phi) is 7.31. The van der Waals surface area contributed by atoms with Gasteiger partial charge in [0.15, 0.2) is 11.0 Å². The second kappa shape index (κ2) is 10.2. The van der Waals surface area contributed by atoms with Crippen LogP contribution in [0, 0.1) is 6.92 Å². The van der Waals surface area contributed by atoms with E-state index in [2.05, 4.69) is 46.8 Å². The fraction of sp³-hybridized carbons (Fsp3) is 0.381.